The molecule has 0 unspecified atom stereocenters. The molecule has 0 radical (unpaired) electrons. The Kier molecular flexibility index (Phi) is 5.45. The molecule has 0 saturated carbocycles. The van der Waals surface area contributed by atoms with Crippen molar-refractivity contribution < 1.29 is 13.9 Å². The fourth-order valence-corrected chi connectivity index (χ4v) is 4.65. The summed E-state index contributed by atoms with van der Waals surface area (Å²) in [5.74, 6) is 2.23. The fourth-order valence-electron chi connectivity index (χ4n) is 4.43. The summed E-state index contributed by atoms with van der Waals surface area (Å²) >= 11 is 6.53. The number of benzene rings is 3. The molecular formula is C27H21ClFN5O2. The molecule has 36 heavy (non-hydrogen) atoms. The summed E-state index contributed by atoms with van der Waals surface area (Å²) in [5, 5.41) is 7.98. The van der Waals surface area contributed by atoms with Gasteiger partial charge in [-0.1, -0.05) is 17.7 Å². The van der Waals surface area contributed by atoms with E-state index in [0.717, 1.165) is 21.7 Å². The molecule has 6 aromatic rings. The standard InChI is InChI=1S/C27H21ClFN5O2/c1-35-19-8-9-20(23(13-19)36-2)26-31-25-21(4-3-5-22(25)28)27-30-24(32-34(26)27)10-11-33-14-16-6-7-18(29)12-17(16)15-33/h3-9,12-15H,10-11H2,1-2H3. The second-order valence-electron chi connectivity index (χ2n) is 8.42. The molecule has 0 atom stereocenters. The summed E-state index contributed by atoms with van der Waals surface area (Å²) in [6, 6.07) is 15.9. The van der Waals surface area contributed by atoms with Gasteiger partial charge in [-0.05, 0) is 47.9 Å². The van der Waals surface area contributed by atoms with E-state index in [4.69, 9.17) is 36.1 Å². The maximum atomic E-state index is 13.6. The van der Waals surface area contributed by atoms with Crippen LogP contribution in [0.3, 0.4) is 0 Å². The minimum absolute atomic E-state index is 0.248. The number of rotatable bonds is 6. The first-order valence-corrected chi connectivity index (χ1v) is 11.7. The van der Waals surface area contributed by atoms with Crippen molar-refractivity contribution in [2.45, 2.75) is 13.0 Å². The summed E-state index contributed by atoms with van der Waals surface area (Å²) in [7, 11) is 3.21. The Balaban J connectivity index is 1.46. The van der Waals surface area contributed by atoms with Gasteiger partial charge in [0.05, 0.1) is 30.3 Å². The highest BCUT2D eigenvalue weighted by atomic mass is 35.5. The maximum absolute atomic E-state index is 13.6. The average molecular weight is 502 g/mol. The van der Waals surface area contributed by atoms with Crippen molar-refractivity contribution in [1.29, 1.82) is 0 Å². The number of para-hydroxylation sites is 1. The van der Waals surface area contributed by atoms with Gasteiger partial charge in [-0.3, -0.25) is 0 Å². The second-order valence-corrected chi connectivity index (χ2v) is 8.83. The molecular weight excluding hydrogens is 481 g/mol. The van der Waals surface area contributed by atoms with Crippen molar-refractivity contribution in [2.24, 2.45) is 0 Å². The zero-order chi connectivity index (χ0) is 24.8. The third-order valence-electron chi connectivity index (χ3n) is 6.20. The fraction of sp³-hybridized carbons (Fsp3) is 0.148. The number of halogens is 2. The highest BCUT2D eigenvalue weighted by Crippen LogP contribution is 2.35. The average Bonchev–Trinajstić information content (AvgIpc) is 3.50. The van der Waals surface area contributed by atoms with Gasteiger partial charge in [-0.25, -0.2) is 14.4 Å². The van der Waals surface area contributed by atoms with Crippen molar-refractivity contribution in [1.82, 2.24) is 24.1 Å². The van der Waals surface area contributed by atoms with Crippen LogP contribution in [0.1, 0.15) is 5.82 Å². The smallest absolute Gasteiger partial charge is 0.167 e. The lowest BCUT2D eigenvalue weighted by Gasteiger charge is -2.12. The van der Waals surface area contributed by atoms with Crippen LogP contribution in [-0.4, -0.2) is 38.4 Å². The summed E-state index contributed by atoms with van der Waals surface area (Å²) in [6.07, 6.45) is 4.50. The highest BCUT2D eigenvalue weighted by Gasteiger charge is 2.19. The van der Waals surface area contributed by atoms with Crippen LogP contribution in [0.5, 0.6) is 11.5 Å². The SMILES string of the molecule is COc1ccc(-c2nc3c(Cl)cccc3c3nc(CCn4cc5ccc(F)cc5c4)nn23)c(OC)c1. The Morgan fingerprint density at radius 2 is 1.81 bits per heavy atom. The number of hydrogen-bond acceptors (Lipinski definition) is 5. The molecule has 0 aliphatic carbocycles. The Morgan fingerprint density at radius 3 is 2.64 bits per heavy atom. The molecule has 0 spiro atoms. The molecule has 9 heteroatoms. The van der Waals surface area contributed by atoms with Crippen molar-refractivity contribution >= 4 is 38.9 Å². The maximum Gasteiger partial charge on any atom is 0.167 e. The number of nitrogens with zero attached hydrogens (tertiary/aromatic N) is 5. The molecule has 3 aromatic carbocycles. The highest BCUT2D eigenvalue weighted by molar-refractivity contribution is 6.35. The first-order valence-electron chi connectivity index (χ1n) is 11.4. The van der Waals surface area contributed by atoms with Gasteiger partial charge in [0, 0.05) is 42.2 Å². The normalized spacial score (nSPS) is 11.6. The zero-order valence-electron chi connectivity index (χ0n) is 19.6. The summed E-state index contributed by atoms with van der Waals surface area (Å²) in [4.78, 5) is 9.73. The summed E-state index contributed by atoms with van der Waals surface area (Å²) in [6.45, 7) is 0.639. The molecule has 0 N–H and O–H groups in total. The van der Waals surface area contributed by atoms with Crippen molar-refractivity contribution in [3.8, 4) is 22.9 Å². The van der Waals surface area contributed by atoms with Gasteiger partial charge in [-0.2, -0.15) is 4.52 Å². The largest absolute Gasteiger partial charge is 0.497 e. The lowest BCUT2D eigenvalue weighted by Crippen LogP contribution is -2.03. The van der Waals surface area contributed by atoms with Gasteiger partial charge in [-0.15, -0.1) is 5.10 Å². The third kappa shape index (κ3) is 3.79. The monoisotopic (exact) mass is 501 g/mol. The number of aromatic nitrogens is 5. The molecule has 0 aliphatic rings. The van der Waals surface area contributed by atoms with E-state index in [1.165, 1.54) is 12.1 Å². The van der Waals surface area contributed by atoms with Crippen LogP contribution in [0, 0.1) is 5.82 Å². The third-order valence-corrected chi connectivity index (χ3v) is 6.50. The van der Waals surface area contributed by atoms with Crippen molar-refractivity contribution in [2.75, 3.05) is 14.2 Å². The molecule has 0 saturated heterocycles. The zero-order valence-corrected chi connectivity index (χ0v) is 20.3. The van der Waals surface area contributed by atoms with Crippen LogP contribution in [0.15, 0.2) is 67.0 Å². The van der Waals surface area contributed by atoms with Crippen molar-refractivity contribution in [3.05, 3.63) is 83.7 Å². The minimum Gasteiger partial charge on any atom is -0.497 e. The molecule has 3 heterocycles. The molecule has 0 bridgehead atoms. The number of fused-ring (bicyclic) bond motifs is 4. The number of hydrogen-bond donors (Lipinski definition) is 0. The lowest BCUT2D eigenvalue weighted by molar-refractivity contribution is 0.395. The topological polar surface area (TPSA) is 66.5 Å². The molecule has 0 aliphatic heterocycles. The Labute approximate surface area is 210 Å². The van der Waals surface area contributed by atoms with E-state index in [9.17, 15) is 4.39 Å². The molecule has 0 amide bonds. The van der Waals surface area contributed by atoms with E-state index >= 15 is 0 Å². The van der Waals surface area contributed by atoms with Gasteiger partial charge in [0.25, 0.3) is 0 Å². The second kappa shape index (κ2) is 8.80. The van der Waals surface area contributed by atoms with Crippen LogP contribution >= 0.6 is 11.6 Å². The van der Waals surface area contributed by atoms with E-state index in [1.54, 1.807) is 36.9 Å². The van der Waals surface area contributed by atoms with Crippen LogP contribution in [0.2, 0.25) is 5.02 Å². The van der Waals surface area contributed by atoms with Crippen LogP contribution in [0.25, 0.3) is 38.7 Å². The van der Waals surface area contributed by atoms with Gasteiger partial charge >= 0.3 is 0 Å². The van der Waals surface area contributed by atoms with Gasteiger partial charge in [0.2, 0.25) is 0 Å². The first kappa shape index (κ1) is 22.3. The molecule has 0 fully saturated rings. The van der Waals surface area contributed by atoms with E-state index in [-0.39, 0.29) is 5.82 Å². The molecule has 180 valence electrons. The lowest BCUT2D eigenvalue weighted by atomic mass is 10.1. The van der Waals surface area contributed by atoms with Crippen LogP contribution in [-0.2, 0) is 13.0 Å². The first-order chi connectivity index (χ1) is 17.5. The number of methoxy groups -OCH3 is 2. The molecule has 6 rings (SSSR count). The molecule has 7 nitrogen and oxygen atoms in total. The number of ether oxygens (including phenoxy) is 2. The van der Waals surface area contributed by atoms with Gasteiger partial charge in [0.1, 0.15) is 17.3 Å². The Morgan fingerprint density at radius 1 is 0.944 bits per heavy atom. The van der Waals surface area contributed by atoms with E-state index in [2.05, 4.69) is 0 Å². The van der Waals surface area contributed by atoms with Gasteiger partial charge < -0.3 is 14.0 Å². The Bertz CT molecular complexity index is 1760. The Hall–Kier alpha value is -4.17. The van der Waals surface area contributed by atoms with Crippen molar-refractivity contribution in [3.63, 3.8) is 0 Å². The van der Waals surface area contributed by atoms with Crippen LogP contribution < -0.4 is 9.47 Å². The van der Waals surface area contributed by atoms with E-state index in [0.29, 0.717) is 52.3 Å². The quantitative estimate of drug-likeness (QED) is 0.282. The predicted molar refractivity (Wildman–Crippen MR) is 137 cm³/mol. The molecule has 3 aromatic heterocycles. The van der Waals surface area contributed by atoms with E-state index < -0.39 is 0 Å². The van der Waals surface area contributed by atoms with Gasteiger partial charge in [0.15, 0.2) is 17.3 Å². The summed E-state index contributed by atoms with van der Waals surface area (Å²) in [5.41, 5.74) is 2.03. The summed E-state index contributed by atoms with van der Waals surface area (Å²) < 4.78 is 28.3. The van der Waals surface area contributed by atoms with E-state index in [1.807, 2.05) is 41.2 Å². The van der Waals surface area contributed by atoms with Crippen LogP contribution in [0.4, 0.5) is 4.39 Å². The predicted octanol–water partition coefficient (Wildman–Crippen LogP) is 5.95. The number of aryl methyl sites for hydroxylation is 2. The minimum atomic E-state index is -0.248.